The van der Waals surface area contributed by atoms with Crippen LogP contribution < -0.4 is 16.0 Å². The molecule has 112 valence electrons. The van der Waals surface area contributed by atoms with Gasteiger partial charge >= 0.3 is 6.18 Å². The Balaban J connectivity index is 2.39. The van der Waals surface area contributed by atoms with Gasteiger partial charge in [-0.15, -0.1) is 0 Å². The van der Waals surface area contributed by atoms with Crippen LogP contribution in [0.4, 0.5) is 19.1 Å². The van der Waals surface area contributed by atoms with E-state index in [1.807, 2.05) is 5.43 Å². The molecule has 0 aliphatic carbocycles. The Morgan fingerprint density at radius 1 is 1.14 bits per heavy atom. The van der Waals surface area contributed by atoms with Gasteiger partial charge in [-0.05, 0) is 18.2 Å². The molecule has 0 saturated heterocycles. The largest absolute Gasteiger partial charge is 0.437 e. The van der Waals surface area contributed by atoms with Crippen LogP contribution in [0.25, 0.3) is 0 Å². The normalized spacial score (nSPS) is 11.3. The summed E-state index contributed by atoms with van der Waals surface area (Å²) in [6, 6.07) is 4.88. The van der Waals surface area contributed by atoms with E-state index >= 15 is 0 Å². The number of hydrazine groups is 1. The molecule has 1 heterocycles. The lowest BCUT2D eigenvalue weighted by Gasteiger charge is -2.11. The second-order valence-corrected chi connectivity index (χ2v) is 4.58. The third kappa shape index (κ3) is 3.87. The van der Waals surface area contributed by atoms with E-state index in [0.29, 0.717) is 11.1 Å². The minimum atomic E-state index is -4.67. The molecule has 0 unspecified atom stereocenters. The average molecular weight is 339 g/mol. The van der Waals surface area contributed by atoms with Crippen LogP contribution in [0.3, 0.4) is 0 Å². The molecular weight excluding hydrogens is 332 g/mol. The van der Waals surface area contributed by atoms with Gasteiger partial charge in [0.15, 0.2) is 5.69 Å². The summed E-state index contributed by atoms with van der Waals surface area (Å²) in [5.74, 6) is 4.32. The van der Waals surface area contributed by atoms with E-state index in [1.165, 1.54) is 18.2 Å². The van der Waals surface area contributed by atoms with Crippen LogP contribution in [0.1, 0.15) is 5.69 Å². The minimum absolute atomic E-state index is 0.0934. The summed E-state index contributed by atoms with van der Waals surface area (Å²) >= 11 is 11.6. The summed E-state index contributed by atoms with van der Waals surface area (Å²) in [5, 5.41) is 0.479. The van der Waals surface area contributed by atoms with Gasteiger partial charge < -0.3 is 4.74 Å². The highest BCUT2D eigenvalue weighted by Gasteiger charge is 2.34. The Morgan fingerprint density at radius 2 is 1.86 bits per heavy atom. The number of rotatable bonds is 3. The van der Waals surface area contributed by atoms with Gasteiger partial charge in [-0.2, -0.15) is 18.2 Å². The summed E-state index contributed by atoms with van der Waals surface area (Å²) in [6.45, 7) is 0. The Hall–Kier alpha value is -1.77. The fourth-order valence-corrected chi connectivity index (χ4v) is 1.80. The molecule has 0 atom stereocenters. The first kappa shape index (κ1) is 15.6. The lowest BCUT2D eigenvalue weighted by molar-refractivity contribution is -0.141. The van der Waals surface area contributed by atoms with Crippen molar-refractivity contribution in [1.82, 2.24) is 9.97 Å². The number of nitrogens with zero attached hydrogens (tertiary/aromatic N) is 2. The summed E-state index contributed by atoms with van der Waals surface area (Å²) in [6.07, 6.45) is -4.67. The molecule has 2 aromatic rings. The van der Waals surface area contributed by atoms with Crippen molar-refractivity contribution >= 4 is 29.2 Å². The minimum Gasteiger partial charge on any atom is -0.437 e. The molecule has 1 aromatic carbocycles. The molecule has 0 spiro atoms. The van der Waals surface area contributed by atoms with E-state index in [9.17, 15) is 13.2 Å². The number of nitrogens with two attached hydrogens (primary N) is 1. The van der Waals surface area contributed by atoms with Crippen molar-refractivity contribution in [3.63, 3.8) is 0 Å². The molecule has 10 heteroatoms. The Bertz CT molecular complexity index is 666. The van der Waals surface area contributed by atoms with Crippen molar-refractivity contribution in [2.24, 2.45) is 5.84 Å². The van der Waals surface area contributed by atoms with Crippen molar-refractivity contribution < 1.29 is 17.9 Å². The maximum absolute atomic E-state index is 12.7. The summed E-state index contributed by atoms with van der Waals surface area (Å²) in [5.41, 5.74) is 0.730. The van der Waals surface area contributed by atoms with Crippen molar-refractivity contribution in [3.8, 4) is 11.6 Å². The Labute approximate surface area is 126 Å². The molecule has 0 aliphatic heterocycles. The van der Waals surface area contributed by atoms with Crippen LogP contribution in [0.5, 0.6) is 11.6 Å². The number of aromatic nitrogens is 2. The van der Waals surface area contributed by atoms with Gasteiger partial charge in [0.05, 0.1) is 5.02 Å². The van der Waals surface area contributed by atoms with Gasteiger partial charge in [0, 0.05) is 11.1 Å². The highest BCUT2D eigenvalue weighted by atomic mass is 35.5. The first-order valence-corrected chi connectivity index (χ1v) is 6.11. The van der Waals surface area contributed by atoms with E-state index in [-0.39, 0.29) is 16.7 Å². The highest BCUT2D eigenvalue weighted by molar-refractivity contribution is 6.35. The fourth-order valence-electron chi connectivity index (χ4n) is 1.36. The number of hydrogen-bond acceptors (Lipinski definition) is 5. The van der Waals surface area contributed by atoms with Gasteiger partial charge in [-0.1, -0.05) is 23.2 Å². The molecular formula is C11H7Cl2F3N4O. The number of alkyl halides is 3. The number of benzene rings is 1. The average Bonchev–Trinajstić information content (AvgIpc) is 2.40. The van der Waals surface area contributed by atoms with E-state index in [4.69, 9.17) is 33.8 Å². The molecule has 0 saturated carbocycles. The van der Waals surface area contributed by atoms with Crippen LogP contribution in [0, 0.1) is 0 Å². The van der Waals surface area contributed by atoms with Gasteiger partial charge in [-0.3, -0.25) is 5.43 Å². The quantitative estimate of drug-likeness (QED) is 0.656. The first-order chi connectivity index (χ1) is 9.79. The standard InChI is InChI=1S/C11H7Cl2F3N4O/c12-5-1-2-7(6(13)3-5)21-9-4-8(11(14,15)16)18-10(19-9)20-17/h1-4H,17H2,(H,18,19,20). The Morgan fingerprint density at radius 3 is 2.43 bits per heavy atom. The number of anilines is 1. The van der Waals surface area contributed by atoms with Crippen LogP contribution in [-0.2, 0) is 6.18 Å². The predicted molar refractivity (Wildman–Crippen MR) is 71.4 cm³/mol. The number of ether oxygens (including phenoxy) is 1. The van der Waals surface area contributed by atoms with Crippen LogP contribution in [0.2, 0.25) is 10.0 Å². The van der Waals surface area contributed by atoms with E-state index in [2.05, 4.69) is 9.97 Å². The zero-order chi connectivity index (χ0) is 15.6. The molecule has 0 amide bonds. The van der Waals surface area contributed by atoms with Gasteiger partial charge in [-0.25, -0.2) is 10.8 Å². The van der Waals surface area contributed by atoms with Crippen LogP contribution >= 0.6 is 23.2 Å². The number of nitrogens with one attached hydrogen (secondary N) is 1. The molecule has 0 radical (unpaired) electrons. The van der Waals surface area contributed by atoms with E-state index in [0.717, 1.165) is 0 Å². The zero-order valence-corrected chi connectivity index (χ0v) is 11.6. The number of halogens is 5. The molecule has 0 fully saturated rings. The van der Waals surface area contributed by atoms with Gasteiger partial charge in [0.2, 0.25) is 11.8 Å². The second-order valence-electron chi connectivity index (χ2n) is 3.73. The van der Waals surface area contributed by atoms with Gasteiger partial charge in [0.25, 0.3) is 0 Å². The lowest BCUT2D eigenvalue weighted by Crippen LogP contribution is -2.15. The second kappa shape index (κ2) is 5.92. The third-order valence-electron chi connectivity index (χ3n) is 2.23. The van der Waals surface area contributed by atoms with Crippen LogP contribution in [-0.4, -0.2) is 9.97 Å². The number of nitrogen functional groups attached to an aromatic ring is 1. The third-order valence-corrected chi connectivity index (χ3v) is 2.76. The molecule has 2 rings (SSSR count). The molecule has 0 bridgehead atoms. The smallest absolute Gasteiger partial charge is 0.433 e. The maximum atomic E-state index is 12.7. The SMILES string of the molecule is NNc1nc(Oc2ccc(Cl)cc2Cl)cc(C(F)(F)F)n1. The molecule has 0 aliphatic rings. The predicted octanol–water partition coefficient (Wildman–Crippen LogP) is 3.88. The van der Waals surface area contributed by atoms with Crippen LogP contribution in [0.15, 0.2) is 24.3 Å². The van der Waals surface area contributed by atoms with E-state index in [1.54, 1.807) is 0 Å². The lowest BCUT2D eigenvalue weighted by atomic mass is 10.3. The molecule has 1 aromatic heterocycles. The van der Waals surface area contributed by atoms with Crippen molar-refractivity contribution in [1.29, 1.82) is 0 Å². The molecule has 21 heavy (non-hydrogen) atoms. The maximum Gasteiger partial charge on any atom is 0.433 e. The highest BCUT2D eigenvalue weighted by Crippen LogP contribution is 2.34. The summed E-state index contributed by atoms with van der Waals surface area (Å²) < 4.78 is 43.3. The number of hydrogen-bond donors (Lipinski definition) is 2. The first-order valence-electron chi connectivity index (χ1n) is 5.35. The monoisotopic (exact) mass is 338 g/mol. The van der Waals surface area contributed by atoms with E-state index < -0.39 is 17.8 Å². The topological polar surface area (TPSA) is 73.1 Å². The van der Waals surface area contributed by atoms with Crippen molar-refractivity contribution in [2.45, 2.75) is 6.18 Å². The summed E-state index contributed by atoms with van der Waals surface area (Å²) in [7, 11) is 0. The molecule has 5 nitrogen and oxygen atoms in total. The Kier molecular flexibility index (Phi) is 4.40. The van der Waals surface area contributed by atoms with Gasteiger partial charge in [0.1, 0.15) is 5.75 Å². The van der Waals surface area contributed by atoms with Crippen molar-refractivity contribution in [2.75, 3.05) is 5.43 Å². The summed E-state index contributed by atoms with van der Waals surface area (Å²) in [4.78, 5) is 6.86. The van der Waals surface area contributed by atoms with Crippen molar-refractivity contribution in [3.05, 3.63) is 40.0 Å². The molecule has 3 N–H and O–H groups in total. The zero-order valence-electron chi connectivity index (χ0n) is 10.1. The fraction of sp³-hybridized carbons (Fsp3) is 0.0909.